The van der Waals surface area contributed by atoms with E-state index in [1.807, 2.05) is 23.9 Å². The standard InChI is InChI=1S/C18H27N3O2/c1-13(11-21-4-2-3-19-21)20-16(22)10-17-6-14-5-15(7-17)9-18(23,8-14)12-17/h2-4,13-15,23H,5-12H2,1H3,(H,20,22). The lowest BCUT2D eigenvalue weighted by atomic mass is 9.47. The molecular formula is C18H27N3O2. The van der Waals surface area contributed by atoms with Crippen LogP contribution in [0.25, 0.3) is 0 Å². The van der Waals surface area contributed by atoms with Crippen LogP contribution in [0.4, 0.5) is 0 Å². The van der Waals surface area contributed by atoms with Crippen molar-refractivity contribution in [2.45, 2.75) is 70.1 Å². The number of amides is 1. The molecule has 4 aliphatic rings. The smallest absolute Gasteiger partial charge is 0.220 e. The number of nitrogens with one attached hydrogen (secondary N) is 1. The molecule has 4 saturated carbocycles. The van der Waals surface area contributed by atoms with Crippen LogP contribution in [0.2, 0.25) is 0 Å². The molecule has 4 bridgehead atoms. The largest absolute Gasteiger partial charge is 0.390 e. The van der Waals surface area contributed by atoms with Gasteiger partial charge in [-0.1, -0.05) is 0 Å². The van der Waals surface area contributed by atoms with Crippen molar-refractivity contribution in [1.29, 1.82) is 0 Å². The minimum absolute atomic E-state index is 0.0499. The summed E-state index contributed by atoms with van der Waals surface area (Å²) in [5.74, 6) is 1.40. The highest BCUT2D eigenvalue weighted by molar-refractivity contribution is 5.77. The molecule has 0 saturated heterocycles. The highest BCUT2D eigenvalue weighted by Crippen LogP contribution is 2.62. The fraction of sp³-hybridized carbons (Fsp3) is 0.778. The lowest BCUT2D eigenvalue weighted by Gasteiger charge is -2.60. The molecule has 0 spiro atoms. The molecule has 126 valence electrons. The van der Waals surface area contributed by atoms with Crippen LogP contribution in [0.1, 0.15) is 51.9 Å². The van der Waals surface area contributed by atoms with Crippen molar-refractivity contribution in [3.63, 3.8) is 0 Å². The number of rotatable bonds is 5. The van der Waals surface area contributed by atoms with Crippen LogP contribution >= 0.6 is 0 Å². The van der Waals surface area contributed by atoms with Crippen LogP contribution < -0.4 is 5.32 Å². The molecule has 1 aromatic rings. The van der Waals surface area contributed by atoms with Gasteiger partial charge in [0.05, 0.1) is 12.1 Å². The van der Waals surface area contributed by atoms with Gasteiger partial charge in [-0.25, -0.2) is 0 Å². The Bertz CT molecular complexity index is 569. The highest BCUT2D eigenvalue weighted by Gasteiger charge is 2.57. The molecule has 0 aliphatic heterocycles. The summed E-state index contributed by atoms with van der Waals surface area (Å²) < 4.78 is 1.85. The third kappa shape index (κ3) is 3.03. The number of aliphatic hydroxyl groups is 1. The number of hydrogen-bond acceptors (Lipinski definition) is 3. The molecule has 1 aromatic heterocycles. The van der Waals surface area contributed by atoms with Gasteiger partial charge < -0.3 is 10.4 Å². The van der Waals surface area contributed by atoms with Crippen LogP contribution in [-0.4, -0.2) is 32.4 Å². The predicted molar refractivity (Wildman–Crippen MR) is 86.5 cm³/mol. The van der Waals surface area contributed by atoms with Crippen LogP contribution in [-0.2, 0) is 11.3 Å². The van der Waals surface area contributed by atoms with E-state index in [0.29, 0.717) is 24.8 Å². The lowest BCUT2D eigenvalue weighted by molar-refractivity contribution is -0.169. The van der Waals surface area contributed by atoms with Gasteiger partial charge in [-0.05, 0) is 68.8 Å². The van der Waals surface area contributed by atoms with Gasteiger partial charge in [-0.15, -0.1) is 0 Å². The first-order valence-electron chi connectivity index (χ1n) is 8.93. The fourth-order valence-electron chi connectivity index (χ4n) is 6.01. The van der Waals surface area contributed by atoms with Crippen molar-refractivity contribution >= 4 is 5.91 Å². The molecule has 5 heteroatoms. The molecule has 0 radical (unpaired) electrons. The van der Waals surface area contributed by atoms with Gasteiger partial charge in [0.15, 0.2) is 0 Å². The van der Waals surface area contributed by atoms with Gasteiger partial charge in [0, 0.05) is 24.9 Å². The van der Waals surface area contributed by atoms with E-state index in [-0.39, 0.29) is 17.4 Å². The van der Waals surface area contributed by atoms with Crippen molar-refractivity contribution in [2.75, 3.05) is 0 Å². The van der Waals surface area contributed by atoms with E-state index in [4.69, 9.17) is 0 Å². The van der Waals surface area contributed by atoms with E-state index in [2.05, 4.69) is 10.4 Å². The van der Waals surface area contributed by atoms with E-state index in [9.17, 15) is 9.90 Å². The molecule has 0 aromatic carbocycles. The number of hydrogen-bond donors (Lipinski definition) is 2. The van der Waals surface area contributed by atoms with Crippen molar-refractivity contribution < 1.29 is 9.90 Å². The van der Waals surface area contributed by atoms with Crippen LogP contribution in [0.3, 0.4) is 0 Å². The number of aromatic nitrogens is 2. The van der Waals surface area contributed by atoms with Gasteiger partial charge in [0.25, 0.3) is 0 Å². The zero-order valence-corrected chi connectivity index (χ0v) is 13.9. The molecule has 4 aliphatic carbocycles. The van der Waals surface area contributed by atoms with Gasteiger partial charge >= 0.3 is 0 Å². The minimum atomic E-state index is -0.481. The molecule has 5 rings (SSSR count). The first-order chi connectivity index (χ1) is 10.9. The van der Waals surface area contributed by atoms with Crippen molar-refractivity contribution in [3.8, 4) is 0 Å². The first kappa shape index (κ1) is 15.2. The number of nitrogens with zero attached hydrogens (tertiary/aromatic N) is 2. The zero-order chi connectivity index (χ0) is 16.1. The highest BCUT2D eigenvalue weighted by atomic mass is 16.3. The zero-order valence-electron chi connectivity index (χ0n) is 13.9. The fourth-order valence-corrected chi connectivity index (χ4v) is 6.01. The third-order valence-corrected chi connectivity index (χ3v) is 6.11. The van der Waals surface area contributed by atoms with Gasteiger partial charge in [0.1, 0.15) is 0 Å². The summed E-state index contributed by atoms with van der Waals surface area (Å²) in [5, 5.41) is 18.1. The molecule has 3 unspecified atom stereocenters. The molecule has 3 atom stereocenters. The summed E-state index contributed by atoms with van der Waals surface area (Å²) in [6.45, 7) is 2.72. The maximum atomic E-state index is 12.5. The van der Waals surface area contributed by atoms with E-state index in [1.54, 1.807) is 6.20 Å². The Hall–Kier alpha value is -1.36. The Balaban J connectivity index is 1.37. The number of carbonyl (C=O) groups is 1. The lowest BCUT2D eigenvalue weighted by Crippen LogP contribution is -2.56. The third-order valence-electron chi connectivity index (χ3n) is 6.11. The van der Waals surface area contributed by atoms with E-state index in [0.717, 1.165) is 32.1 Å². The average molecular weight is 317 g/mol. The summed E-state index contributed by atoms with van der Waals surface area (Å²) in [5.41, 5.74) is -0.431. The summed E-state index contributed by atoms with van der Waals surface area (Å²) in [6.07, 6.45) is 10.5. The second kappa shape index (κ2) is 5.33. The van der Waals surface area contributed by atoms with Crippen molar-refractivity contribution in [2.24, 2.45) is 17.3 Å². The van der Waals surface area contributed by atoms with Crippen LogP contribution in [0.5, 0.6) is 0 Å². The summed E-state index contributed by atoms with van der Waals surface area (Å²) in [7, 11) is 0. The molecule has 1 heterocycles. The molecule has 4 fully saturated rings. The Morgan fingerprint density at radius 3 is 2.74 bits per heavy atom. The molecule has 5 nitrogen and oxygen atoms in total. The summed E-state index contributed by atoms with van der Waals surface area (Å²) in [4.78, 5) is 12.5. The molecule has 2 N–H and O–H groups in total. The topological polar surface area (TPSA) is 67.2 Å². The quantitative estimate of drug-likeness (QED) is 0.874. The van der Waals surface area contributed by atoms with Crippen molar-refractivity contribution in [3.05, 3.63) is 18.5 Å². The molecule has 1 amide bonds. The monoisotopic (exact) mass is 317 g/mol. The van der Waals surface area contributed by atoms with Crippen LogP contribution in [0, 0.1) is 17.3 Å². The summed E-state index contributed by atoms with van der Waals surface area (Å²) in [6, 6.07) is 1.96. The second-order valence-corrected chi connectivity index (χ2v) is 8.56. The van der Waals surface area contributed by atoms with E-state index in [1.165, 1.54) is 6.42 Å². The van der Waals surface area contributed by atoms with Gasteiger partial charge in [-0.2, -0.15) is 5.10 Å². The normalized spacial score (nSPS) is 39.4. The maximum Gasteiger partial charge on any atom is 0.220 e. The Kier molecular flexibility index (Phi) is 3.52. The van der Waals surface area contributed by atoms with Gasteiger partial charge in [-0.3, -0.25) is 9.48 Å². The molecular weight excluding hydrogens is 290 g/mol. The SMILES string of the molecule is CC(Cn1cccn1)NC(=O)CC12CC3CC(CC(O)(C3)C1)C2. The first-order valence-corrected chi connectivity index (χ1v) is 8.93. The second-order valence-electron chi connectivity index (χ2n) is 8.56. The predicted octanol–water partition coefficient (Wildman–Crippen LogP) is 2.11. The van der Waals surface area contributed by atoms with Crippen LogP contribution in [0.15, 0.2) is 18.5 Å². The molecule has 23 heavy (non-hydrogen) atoms. The van der Waals surface area contributed by atoms with E-state index >= 15 is 0 Å². The Morgan fingerprint density at radius 1 is 1.39 bits per heavy atom. The average Bonchev–Trinajstić information content (AvgIpc) is 2.86. The van der Waals surface area contributed by atoms with Gasteiger partial charge in [0.2, 0.25) is 5.91 Å². The minimum Gasteiger partial charge on any atom is -0.390 e. The van der Waals surface area contributed by atoms with E-state index < -0.39 is 5.60 Å². The Labute approximate surface area is 137 Å². The maximum absolute atomic E-state index is 12.5. The Morgan fingerprint density at radius 2 is 2.13 bits per heavy atom. The summed E-state index contributed by atoms with van der Waals surface area (Å²) >= 11 is 0. The number of carbonyl (C=O) groups excluding carboxylic acids is 1. The van der Waals surface area contributed by atoms with Crippen molar-refractivity contribution in [1.82, 2.24) is 15.1 Å².